The number of hydrogen-bond donors (Lipinski definition) is 3. The van der Waals surface area contributed by atoms with Crippen molar-refractivity contribution >= 4 is 17.6 Å². The Morgan fingerprint density at radius 2 is 2.17 bits per heavy atom. The molecule has 0 spiro atoms. The summed E-state index contributed by atoms with van der Waals surface area (Å²) >= 11 is 5.87. The van der Waals surface area contributed by atoms with Crippen molar-refractivity contribution in [3.63, 3.8) is 0 Å². The minimum Gasteiger partial charge on any atom is -0.504 e. The molecule has 0 amide bonds. The molecule has 1 aromatic heterocycles. The predicted octanol–water partition coefficient (Wildman–Crippen LogP) is 2.14. The number of aromatic hydroxyl groups is 1. The van der Waals surface area contributed by atoms with E-state index in [4.69, 9.17) is 21.4 Å². The van der Waals surface area contributed by atoms with Crippen molar-refractivity contribution in [1.82, 2.24) is 10.2 Å². The van der Waals surface area contributed by atoms with E-state index in [9.17, 15) is 9.90 Å². The number of nitrogens with zero attached hydrogens (tertiary/aromatic N) is 1. The molecule has 18 heavy (non-hydrogen) atoms. The number of aromatic nitrogens is 2. The Balaban J connectivity index is 2.55. The number of carbonyl (C=O) groups is 1. The van der Waals surface area contributed by atoms with Crippen LogP contribution in [0.1, 0.15) is 10.5 Å². The number of halogens is 1. The highest BCUT2D eigenvalue weighted by atomic mass is 35.5. The standard InChI is InChI=1S/C11H9ClN2O4/c1-18-9-3-5(12)2-6(10(9)15)7-4-8(11(16)17)14-13-7/h2-4,15H,1H3,(H,13,14)(H,16,17). The zero-order valence-corrected chi connectivity index (χ0v) is 10.0. The topological polar surface area (TPSA) is 95.4 Å². The number of rotatable bonds is 3. The molecule has 0 radical (unpaired) electrons. The van der Waals surface area contributed by atoms with Gasteiger partial charge in [0.1, 0.15) is 5.69 Å². The van der Waals surface area contributed by atoms with Crippen molar-refractivity contribution in [3.8, 4) is 22.8 Å². The van der Waals surface area contributed by atoms with E-state index in [2.05, 4.69) is 10.2 Å². The van der Waals surface area contributed by atoms with Crippen LogP contribution in [0.5, 0.6) is 11.5 Å². The maximum Gasteiger partial charge on any atom is 0.353 e. The molecule has 1 heterocycles. The molecule has 0 aliphatic rings. The molecule has 0 aliphatic carbocycles. The predicted molar refractivity (Wildman–Crippen MR) is 64.2 cm³/mol. The van der Waals surface area contributed by atoms with Crippen LogP contribution in [0, 0.1) is 0 Å². The zero-order valence-electron chi connectivity index (χ0n) is 9.27. The van der Waals surface area contributed by atoms with Gasteiger partial charge in [0.2, 0.25) is 0 Å². The Bertz CT molecular complexity index is 609. The molecular weight excluding hydrogens is 260 g/mol. The summed E-state index contributed by atoms with van der Waals surface area (Å²) in [5, 5.41) is 25.2. The van der Waals surface area contributed by atoms with Gasteiger partial charge in [0.15, 0.2) is 11.5 Å². The first-order valence-electron chi connectivity index (χ1n) is 4.88. The van der Waals surface area contributed by atoms with E-state index in [-0.39, 0.29) is 22.9 Å². The van der Waals surface area contributed by atoms with Crippen molar-refractivity contribution in [2.75, 3.05) is 7.11 Å². The van der Waals surface area contributed by atoms with Crippen LogP contribution < -0.4 is 4.74 Å². The Morgan fingerprint density at radius 1 is 1.44 bits per heavy atom. The maximum atomic E-state index is 10.7. The molecule has 0 atom stereocenters. The summed E-state index contributed by atoms with van der Waals surface area (Å²) in [7, 11) is 1.39. The number of aromatic carboxylic acids is 1. The molecule has 0 saturated heterocycles. The second-order valence-electron chi connectivity index (χ2n) is 3.48. The lowest BCUT2D eigenvalue weighted by molar-refractivity contribution is 0.0690. The molecule has 6 nitrogen and oxygen atoms in total. The van der Waals surface area contributed by atoms with Gasteiger partial charge in [-0.2, -0.15) is 5.10 Å². The number of nitrogens with one attached hydrogen (secondary N) is 1. The van der Waals surface area contributed by atoms with Crippen LogP contribution in [0.4, 0.5) is 0 Å². The quantitative estimate of drug-likeness (QED) is 0.793. The monoisotopic (exact) mass is 268 g/mol. The average molecular weight is 269 g/mol. The van der Waals surface area contributed by atoms with Gasteiger partial charge in [-0.1, -0.05) is 11.6 Å². The highest BCUT2D eigenvalue weighted by Gasteiger charge is 2.16. The summed E-state index contributed by atoms with van der Waals surface area (Å²) in [6.45, 7) is 0. The fraction of sp³-hybridized carbons (Fsp3) is 0.0909. The van der Waals surface area contributed by atoms with Crippen LogP contribution in [0.25, 0.3) is 11.3 Å². The fourth-order valence-electron chi connectivity index (χ4n) is 1.49. The Labute approximate surface area is 107 Å². The third-order valence-electron chi connectivity index (χ3n) is 2.34. The van der Waals surface area contributed by atoms with E-state index >= 15 is 0 Å². The van der Waals surface area contributed by atoms with E-state index < -0.39 is 5.97 Å². The highest BCUT2D eigenvalue weighted by Crippen LogP contribution is 2.39. The number of hydrogen-bond acceptors (Lipinski definition) is 4. The fourth-order valence-corrected chi connectivity index (χ4v) is 1.70. The van der Waals surface area contributed by atoms with Gasteiger partial charge >= 0.3 is 5.97 Å². The number of aromatic amines is 1. The van der Waals surface area contributed by atoms with Gasteiger partial charge < -0.3 is 14.9 Å². The van der Waals surface area contributed by atoms with Gasteiger partial charge in [-0.05, 0) is 12.1 Å². The van der Waals surface area contributed by atoms with Gasteiger partial charge in [-0.3, -0.25) is 5.10 Å². The minimum atomic E-state index is -1.14. The van der Waals surface area contributed by atoms with E-state index in [1.165, 1.54) is 25.3 Å². The van der Waals surface area contributed by atoms with Gasteiger partial charge in [-0.25, -0.2) is 4.79 Å². The van der Waals surface area contributed by atoms with Gasteiger partial charge in [0, 0.05) is 16.7 Å². The summed E-state index contributed by atoms with van der Waals surface area (Å²) in [6.07, 6.45) is 0. The van der Waals surface area contributed by atoms with Crippen molar-refractivity contribution in [2.45, 2.75) is 0 Å². The Hall–Kier alpha value is -2.21. The lowest BCUT2D eigenvalue weighted by atomic mass is 10.1. The number of ether oxygens (including phenoxy) is 1. The zero-order chi connectivity index (χ0) is 13.3. The van der Waals surface area contributed by atoms with E-state index in [1.807, 2.05) is 0 Å². The van der Waals surface area contributed by atoms with Crippen LogP contribution in [-0.4, -0.2) is 33.5 Å². The molecule has 0 unspecified atom stereocenters. The first kappa shape index (κ1) is 12.3. The lowest BCUT2D eigenvalue weighted by Crippen LogP contribution is -1.95. The van der Waals surface area contributed by atoms with E-state index in [0.717, 1.165) is 0 Å². The maximum absolute atomic E-state index is 10.7. The summed E-state index contributed by atoms with van der Waals surface area (Å²) in [4.78, 5) is 10.7. The normalized spacial score (nSPS) is 10.3. The second kappa shape index (κ2) is 4.58. The third-order valence-corrected chi connectivity index (χ3v) is 2.56. The third kappa shape index (κ3) is 2.10. The number of methoxy groups -OCH3 is 1. The molecule has 1 aromatic carbocycles. The summed E-state index contributed by atoms with van der Waals surface area (Å²) in [5.74, 6) is -1.09. The van der Waals surface area contributed by atoms with E-state index in [1.54, 1.807) is 0 Å². The van der Waals surface area contributed by atoms with Crippen LogP contribution in [0.15, 0.2) is 18.2 Å². The molecule has 7 heteroatoms. The summed E-state index contributed by atoms with van der Waals surface area (Å²) < 4.78 is 4.95. The Morgan fingerprint density at radius 3 is 2.72 bits per heavy atom. The average Bonchev–Trinajstić information content (AvgIpc) is 2.81. The molecule has 3 N–H and O–H groups in total. The van der Waals surface area contributed by atoms with Crippen molar-refractivity contribution < 1.29 is 19.7 Å². The number of benzene rings is 1. The van der Waals surface area contributed by atoms with Crippen LogP contribution in [0.2, 0.25) is 5.02 Å². The molecule has 0 bridgehead atoms. The molecule has 0 saturated carbocycles. The number of carboxylic acids is 1. The van der Waals surface area contributed by atoms with Gasteiger partial charge in [0.05, 0.1) is 12.8 Å². The lowest BCUT2D eigenvalue weighted by Gasteiger charge is -2.07. The molecule has 0 fully saturated rings. The van der Waals surface area contributed by atoms with Gasteiger partial charge in [-0.15, -0.1) is 0 Å². The van der Waals surface area contributed by atoms with Crippen molar-refractivity contribution in [2.24, 2.45) is 0 Å². The minimum absolute atomic E-state index is 0.0802. The number of phenols is 1. The van der Waals surface area contributed by atoms with Crippen LogP contribution in [-0.2, 0) is 0 Å². The SMILES string of the molecule is COc1cc(Cl)cc(-c2cc(C(=O)O)[nH]n2)c1O. The molecule has 94 valence electrons. The van der Waals surface area contributed by atoms with Crippen LogP contribution >= 0.6 is 11.6 Å². The van der Waals surface area contributed by atoms with Crippen LogP contribution in [0.3, 0.4) is 0 Å². The first-order chi connectivity index (χ1) is 8.52. The highest BCUT2D eigenvalue weighted by molar-refractivity contribution is 6.31. The molecule has 0 aliphatic heterocycles. The molecule has 2 rings (SSSR count). The second-order valence-corrected chi connectivity index (χ2v) is 3.91. The summed E-state index contributed by atoms with van der Waals surface area (Å²) in [5.41, 5.74) is 0.483. The van der Waals surface area contributed by atoms with Crippen molar-refractivity contribution in [1.29, 1.82) is 0 Å². The number of H-pyrrole nitrogens is 1. The molecule has 2 aromatic rings. The first-order valence-corrected chi connectivity index (χ1v) is 5.26. The largest absolute Gasteiger partial charge is 0.504 e. The van der Waals surface area contributed by atoms with Crippen molar-refractivity contribution in [3.05, 3.63) is 28.9 Å². The number of phenolic OH excluding ortho intramolecular Hbond substituents is 1. The Kier molecular flexibility index (Phi) is 3.12. The van der Waals surface area contributed by atoms with E-state index in [0.29, 0.717) is 10.6 Å². The number of carboxylic acid groups (broad SMARTS) is 1. The molecular formula is C11H9ClN2O4. The smallest absolute Gasteiger partial charge is 0.353 e. The van der Waals surface area contributed by atoms with Gasteiger partial charge in [0.25, 0.3) is 0 Å². The summed E-state index contributed by atoms with van der Waals surface area (Å²) in [6, 6.07) is 4.22.